The zero-order valence-corrected chi connectivity index (χ0v) is 14.9. The van der Waals surface area contributed by atoms with Gasteiger partial charge in [0.2, 0.25) is 0 Å². The SMILES string of the molecule is CC(C)(C)O/N=C(/c1ccc(F)c(Br)c1)c1nc(C#N)ccc1O. The Hall–Kier alpha value is -2.46. The molecule has 1 aromatic carbocycles. The molecule has 24 heavy (non-hydrogen) atoms. The van der Waals surface area contributed by atoms with E-state index in [2.05, 4.69) is 26.1 Å². The first-order chi connectivity index (χ1) is 11.2. The van der Waals surface area contributed by atoms with E-state index in [0.717, 1.165) is 0 Å². The van der Waals surface area contributed by atoms with E-state index in [1.165, 1.54) is 30.3 Å². The third kappa shape index (κ3) is 4.30. The normalized spacial score (nSPS) is 11.9. The van der Waals surface area contributed by atoms with Gasteiger partial charge in [0, 0.05) is 5.56 Å². The number of hydrogen-bond donors (Lipinski definition) is 1. The van der Waals surface area contributed by atoms with E-state index in [-0.39, 0.29) is 27.3 Å². The summed E-state index contributed by atoms with van der Waals surface area (Å²) in [5.41, 5.74) is 0.292. The highest BCUT2D eigenvalue weighted by molar-refractivity contribution is 9.10. The van der Waals surface area contributed by atoms with Gasteiger partial charge in [0.25, 0.3) is 0 Å². The van der Waals surface area contributed by atoms with Gasteiger partial charge in [0.15, 0.2) is 0 Å². The first-order valence-electron chi connectivity index (χ1n) is 7.03. The van der Waals surface area contributed by atoms with Crippen LogP contribution in [0.2, 0.25) is 0 Å². The van der Waals surface area contributed by atoms with Crippen LogP contribution in [0.1, 0.15) is 37.7 Å². The zero-order chi connectivity index (χ0) is 17.9. The van der Waals surface area contributed by atoms with Gasteiger partial charge in [-0.15, -0.1) is 0 Å². The number of nitriles is 1. The monoisotopic (exact) mass is 391 g/mol. The van der Waals surface area contributed by atoms with Crippen LogP contribution in [0.4, 0.5) is 4.39 Å². The standard InChI is InChI=1S/C17H15BrFN3O2/c1-17(2,3)24-22-15(10-4-6-13(19)12(18)8-10)16-14(23)7-5-11(9-20)21-16/h4-8,23H,1-3H3/b22-15-. The molecular formula is C17H15BrFN3O2. The average Bonchev–Trinajstić information content (AvgIpc) is 2.51. The van der Waals surface area contributed by atoms with Gasteiger partial charge in [0.1, 0.15) is 40.3 Å². The number of aromatic hydroxyl groups is 1. The first kappa shape index (κ1) is 17.9. The molecule has 5 nitrogen and oxygen atoms in total. The van der Waals surface area contributed by atoms with Crippen molar-refractivity contribution >= 4 is 21.6 Å². The average molecular weight is 392 g/mol. The van der Waals surface area contributed by atoms with E-state index in [0.29, 0.717) is 5.56 Å². The lowest BCUT2D eigenvalue weighted by Gasteiger charge is -2.17. The molecule has 0 aliphatic rings. The Morgan fingerprint density at radius 3 is 2.62 bits per heavy atom. The Labute approximate surface area is 147 Å². The lowest BCUT2D eigenvalue weighted by Crippen LogP contribution is -2.18. The van der Waals surface area contributed by atoms with Crippen molar-refractivity contribution in [1.29, 1.82) is 5.26 Å². The van der Waals surface area contributed by atoms with Crippen LogP contribution in [0.5, 0.6) is 5.75 Å². The molecule has 2 aromatic rings. The largest absolute Gasteiger partial charge is 0.506 e. The van der Waals surface area contributed by atoms with Gasteiger partial charge in [-0.25, -0.2) is 9.37 Å². The predicted molar refractivity (Wildman–Crippen MR) is 91.2 cm³/mol. The molecule has 1 heterocycles. The molecule has 0 aliphatic carbocycles. The molecule has 0 fully saturated rings. The maximum absolute atomic E-state index is 13.5. The molecule has 0 atom stereocenters. The van der Waals surface area contributed by atoms with Gasteiger partial charge in [-0.3, -0.25) is 0 Å². The third-order valence-corrected chi connectivity index (χ3v) is 3.42. The summed E-state index contributed by atoms with van der Waals surface area (Å²) in [6.45, 7) is 5.44. The van der Waals surface area contributed by atoms with E-state index in [1.807, 2.05) is 26.8 Å². The molecular weight excluding hydrogens is 377 g/mol. The summed E-state index contributed by atoms with van der Waals surface area (Å²) in [7, 11) is 0. The minimum absolute atomic E-state index is 0.0804. The van der Waals surface area contributed by atoms with Gasteiger partial charge < -0.3 is 9.94 Å². The van der Waals surface area contributed by atoms with Crippen LogP contribution in [0.15, 0.2) is 40.0 Å². The Balaban J connectivity index is 2.63. The fraction of sp³-hybridized carbons (Fsp3) is 0.235. The van der Waals surface area contributed by atoms with Crippen LogP contribution in [-0.4, -0.2) is 21.4 Å². The number of rotatable bonds is 3. The molecule has 2 rings (SSSR count). The molecule has 0 saturated carbocycles. The van der Waals surface area contributed by atoms with Crippen molar-refractivity contribution in [1.82, 2.24) is 4.98 Å². The van der Waals surface area contributed by atoms with Crippen molar-refractivity contribution in [3.63, 3.8) is 0 Å². The van der Waals surface area contributed by atoms with Crippen molar-refractivity contribution in [3.8, 4) is 11.8 Å². The molecule has 0 amide bonds. The summed E-state index contributed by atoms with van der Waals surface area (Å²) in [4.78, 5) is 9.53. The fourth-order valence-corrected chi connectivity index (χ4v) is 2.13. The lowest BCUT2D eigenvalue weighted by molar-refractivity contribution is 0.00111. The van der Waals surface area contributed by atoms with E-state index >= 15 is 0 Å². The van der Waals surface area contributed by atoms with Gasteiger partial charge in [0.05, 0.1) is 4.47 Å². The molecule has 7 heteroatoms. The van der Waals surface area contributed by atoms with Gasteiger partial charge in [-0.1, -0.05) is 5.16 Å². The summed E-state index contributed by atoms with van der Waals surface area (Å²) in [6.07, 6.45) is 0. The van der Waals surface area contributed by atoms with Crippen molar-refractivity contribution in [2.24, 2.45) is 5.16 Å². The second-order valence-electron chi connectivity index (χ2n) is 5.95. The number of nitrogens with zero attached hydrogens (tertiary/aromatic N) is 3. The summed E-state index contributed by atoms with van der Waals surface area (Å²) in [6, 6.07) is 8.90. The molecule has 124 valence electrons. The molecule has 0 saturated heterocycles. The van der Waals surface area contributed by atoms with Crippen molar-refractivity contribution < 1.29 is 14.3 Å². The summed E-state index contributed by atoms with van der Waals surface area (Å²) in [5, 5.41) is 23.2. The smallest absolute Gasteiger partial charge is 0.143 e. The summed E-state index contributed by atoms with van der Waals surface area (Å²) < 4.78 is 13.7. The number of oxime groups is 1. The summed E-state index contributed by atoms with van der Waals surface area (Å²) in [5.74, 6) is -0.594. The van der Waals surface area contributed by atoms with Crippen LogP contribution < -0.4 is 0 Å². The third-order valence-electron chi connectivity index (χ3n) is 2.82. The number of halogens is 2. The van der Waals surface area contributed by atoms with Crippen LogP contribution in [-0.2, 0) is 4.84 Å². The maximum Gasteiger partial charge on any atom is 0.143 e. The molecule has 0 bridgehead atoms. The van der Waals surface area contributed by atoms with Crippen molar-refractivity contribution in [2.75, 3.05) is 0 Å². The van der Waals surface area contributed by atoms with E-state index in [9.17, 15) is 9.50 Å². The zero-order valence-electron chi connectivity index (χ0n) is 13.3. The van der Waals surface area contributed by atoms with Gasteiger partial charge in [-0.05, 0) is 67.0 Å². The molecule has 1 N–H and O–H groups in total. The highest BCUT2D eigenvalue weighted by atomic mass is 79.9. The lowest BCUT2D eigenvalue weighted by atomic mass is 10.1. The Kier molecular flexibility index (Phi) is 5.20. The number of aromatic nitrogens is 1. The molecule has 0 aliphatic heterocycles. The van der Waals surface area contributed by atoms with E-state index in [4.69, 9.17) is 10.1 Å². The Morgan fingerprint density at radius 2 is 2.04 bits per heavy atom. The van der Waals surface area contributed by atoms with Crippen LogP contribution in [0.3, 0.4) is 0 Å². The number of pyridine rings is 1. The minimum atomic E-state index is -0.578. The highest BCUT2D eigenvalue weighted by Gasteiger charge is 2.19. The fourth-order valence-electron chi connectivity index (χ4n) is 1.75. The predicted octanol–water partition coefficient (Wildman–Crippen LogP) is 4.13. The van der Waals surface area contributed by atoms with Crippen LogP contribution in [0, 0.1) is 17.1 Å². The van der Waals surface area contributed by atoms with E-state index < -0.39 is 11.4 Å². The number of benzene rings is 1. The maximum atomic E-state index is 13.5. The molecule has 1 aromatic heterocycles. The highest BCUT2D eigenvalue weighted by Crippen LogP contribution is 2.24. The number of hydrogen-bond acceptors (Lipinski definition) is 5. The summed E-state index contributed by atoms with van der Waals surface area (Å²) >= 11 is 3.12. The second-order valence-corrected chi connectivity index (χ2v) is 6.80. The minimum Gasteiger partial charge on any atom is -0.506 e. The van der Waals surface area contributed by atoms with Crippen LogP contribution in [0.25, 0.3) is 0 Å². The van der Waals surface area contributed by atoms with Crippen molar-refractivity contribution in [3.05, 3.63) is 57.6 Å². The molecule has 0 radical (unpaired) electrons. The molecule has 0 unspecified atom stereocenters. The van der Waals surface area contributed by atoms with Crippen molar-refractivity contribution in [2.45, 2.75) is 26.4 Å². The van der Waals surface area contributed by atoms with Gasteiger partial charge in [-0.2, -0.15) is 5.26 Å². The van der Waals surface area contributed by atoms with Gasteiger partial charge >= 0.3 is 0 Å². The topological polar surface area (TPSA) is 78.5 Å². The molecule has 0 spiro atoms. The second kappa shape index (κ2) is 6.97. The first-order valence-corrected chi connectivity index (χ1v) is 7.82. The Morgan fingerprint density at radius 1 is 1.33 bits per heavy atom. The van der Waals surface area contributed by atoms with E-state index in [1.54, 1.807) is 0 Å². The quantitative estimate of drug-likeness (QED) is 0.630. The Bertz CT molecular complexity index is 839. The van der Waals surface area contributed by atoms with Crippen LogP contribution >= 0.6 is 15.9 Å².